The summed E-state index contributed by atoms with van der Waals surface area (Å²) >= 11 is 0. The van der Waals surface area contributed by atoms with Crippen molar-refractivity contribution < 1.29 is 9.84 Å². The van der Waals surface area contributed by atoms with Crippen LogP contribution < -0.4 is 0 Å². The fourth-order valence-corrected chi connectivity index (χ4v) is 3.58. The molecule has 0 aromatic heterocycles. The molecular formula is C19H36N2O2. The van der Waals surface area contributed by atoms with Gasteiger partial charge in [0, 0.05) is 19.1 Å². The number of methoxy groups -OCH3 is 1. The van der Waals surface area contributed by atoms with Crippen LogP contribution in [0.25, 0.3) is 0 Å². The Morgan fingerprint density at radius 2 is 2.00 bits per heavy atom. The van der Waals surface area contributed by atoms with Crippen LogP contribution in [0.15, 0.2) is 17.8 Å². The normalized spacial score (nSPS) is 23.5. The van der Waals surface area contributed by atoms with Crippen molar-refractivity contribution in [3.8, 4) is 0 Å². The minimum absolute atomic E-state index is 0.154. The molecule has 0 bridgehead atoms. The number of hydrogen-bond donors (Lipinski definition) is 1. The monoisotopic (exact) mass is 324 g/mol. The minimum Gasteiger partial charge on any atom is -0.386 e. The lowest BCUT2D eigenvalue weighted by Gasteiger charge is -2.40. The molecule has 1 fully saturated rings. The molecule has 1 N–H and O–H groups in total. The summed E-state index contributed by atoms with van der Waals surface area (Å²) in [4.78, 5) is 0. The van der Waals surface area contributed by atoms with Gasteiger partial charge in [-0.2, -0.15) is 5.10 Å². The summed E-state index contributed by atoms with van der Waals surface area (Å²) in [5.74, 6) is 0.292. The molecule has 0 aromatic rings. The zero-order chi connectivity index (χ0) is 17.7. The number of nitrogens with zero attached hydrogens (tertiary/aromatic N) is 2. The molecule has 1 saturated heterocycles. The lowest BCUT2D eigenvalue weighted by molar-refractivity contribution is -0.0733. The molecule has 0 radical (unpaired) electrons. The van der Waals surface area contributed by atoms with E-state index in [0.29, 0.717) is 5.92 Å². The van der Waals surface area contributed by atoms with Gasteiger partial charge in [-0.1, -0.05) is 40.7 Å². The molecule has 0 spiro atoms. The summed E-state index contributed by atoms with van der Waals surface area (Å²) in [6.45, 7) is 15.4. The van der Waals surface area contributed by atoms with Gasteiger partial charge in [0.25, 0.3) is 0 Å². The predicted molar refractivity (Wildman–Crippen MR) is 97.7 cm³/mol. The van der Waals surface area contributed by atoms with Crippen molar-refractivity contribution in [2.45, 2.75) is 78.0 Å². The van der Waals surface area contributed by atoms with E-state index in [9.17, 15) is 5.11 Å². The lowest BCUT2D eigenvalue weighted by atomic mass is 9.75. The topological polar surface area (TPSA) is 45.1 Å². The molecule has 4 nitrogen and oxygen atoms in total. The summed E-state index contributed by atoms with van der Waals surface area (Å²) in [5, 5.41) is 17.3. The molecule has 0 amide bonds. The van der Waals surface area contributed by atoms with Crippen molar-refractivity contribution in [3.05, 3.63) is 12.7 Å². The number of aliphatic hydroxyl groups excluding tert-OH is 1. The summed E-state index contributed by atoms with van der Waals surface area (Å²) < 4.78 is 5.89. The van der Waals surface area contributed by atoms with Crippen LogP contribution in [0.5, 0.6) is 0 Å². The highest BCUT2D eigenvalue weighted by molar-refractivity contribution is 5.64. The zero-order valence-electron chi connectivity index (χ0n) is 15.9. The van der Waals surface area contributed by atoms with E-state index in [1.807, 2.05) is 13.0 Å². The third-order valence-electron chi connectivity index (χ3n) is 6.11. The van der Waals surface area contributed by atoms with E-state index in [2.05, 4.69) is 44.4 Å². The van der Waals surface area contributed by atoms with Crippen LogP contribution >= 0.6 is 0 Å². The summed E-state index contributed by atoms with van der Waals surface area (Å²) in [7, 11) is 1.80. The molecule has 1 aliphatic heterocycles. The molecule has 0 aromatic carbocycles. The second-order valence-corrected chi connectivity index (χ2v) is 7.23. The van der Waals surface area contributed by atoms with Crippen molar-refractivity contribution in [1.29, 1.82) is 0 Å². The van der Waals surface area contributed by atoms with Crippen LogP contribution in [0.2, 0.25) is 0 Å². The molecule has 0 saturated carbocycles. The van der Waals surface area contributed by atoms with Crippen molar-refractivity contribution in [2.75, 3.05) is 13.7 Å². The SMILES string of the molecule is C=C[C@](C)(C(C)C)[C@@H](O)/C=N/N1CCC[C@H]1C(CC)(CC)OC. The maximum Gasteiger partial charge on any atom is 0.0998 e. The number of hydrazone groups is 1. The maximum atomic E-state index is 10.6. The van der Waals surface area contributed by atoms with Gasteiger partial charge < -0.3 is 9.84 Å². The van der Waals surface area contributed by atoms with E-state index in [1.54, 1.807) is 13.3 Å². The molecule has 1 heterocycles. The fraction of sp³-hybridized carbons (Fsp3) is 0.842. The Kier molecular flexibility index (Phi) is 7.28. The minimum atomic E-state index is -0.638. The average Bonchev–Trinajstić information content (AvgIpc) is 3.03. The number of ether oxygens (including phenoxy) is 1. The quantitative estimate of drug-likeness (QED) is 0.517. The van der Waals surface area contributed by atoms with Gasteiger partial charge in [-0.25, -0.2) is 0 Å². The third-order valence-corrected chi connectivity index (χ3v) is 6.11. The van der Waals surface area contributed by atoms with E-state index in [1.165, 1.54) is 0 Å². The Balaban J connectivity index is 2.92. The molecule has 1 rings (SSSR count). The molecule has 134 valence electrons. The molecule has 1 aliphatic rings. The summed E-state index contributed by atoms with van der Waals surface area (Å²) in [6, 6.07) is 0.278. The van der Waals surface area contributed by atoms with Crippen LogP contribution in [-0.2, 0) is 4.74 Å². The molecule has 0 unspecified atom stereocenters. The third kappa shape index (κ3) is 3.97. The first kappa shape index (κ1) is 20.2. The Bertz CT molecular complexity index is 396. The zero-order valence-corrected chi connectivity index (χ0v) is 15.9. The predicted octanol–water partition coefficient (Wildman–Crippen LogP) is 3.85. The van der Waals surface area contributed by atoms with Crippen LogP contribution in [0.1, 0.15) is 60.3 Å². The number of aliphatic hydroxyl groups is 1. The van der Waals surface area contributed by atoms with Gasteiger partial charge in [0.05, 0.1) is 24.0 Å². The molecule has 0 aliphatic carbocycles. The van der Waals surface area contributed by atoms with Crippen LogP contribution in [0.4, 0.5) is 0 Å². The highest BCUT2D eigenvalue weighted by atomic mass is 16.5. The highest BCUT2D eigenvalue weighted by Gasteiger charge is 2.42. The number of hydrogen-bond acceptors (Lipinski definition) is 4. The Morgan fingerprint density at radius 3 is 2.43 bits per heavy atom. The highest BCUT2D eigenvalue weighted by Crippen LogP contribution is 2.35. The van der Waals surface area contributed by atoms with E-state index in [0.717, 1.165) is 32.2 Å². The van der Waals surface area contributed by atoms with Crippen LogP contribution in [0, 0.1) is 11.3 Å². The van der Waals surface area contributed by atoms with Crippen molar-refractivity contribution in [2.24, 2.45) is 16.4 Å². The van der Waals surface area contributed by atoms with Gasteiger partial charge in [0.2, 0.25) is 0 Å². The summed E-state index contributed by atoms with van der Waals surface area (Å²) in [6.07, 6.45) is 7.03. The van der Waals surface area contributed by atoms with Crippen LogP contribution in [0.3, 0.4) is 0 Å². The van der Waals surface area contributed by atoms with Gasteiger partial charge in [0.15, 0.2) is 0 Å². The van der Waals surface area contributed by atoms with E-state index in [4.69, 9.17) is 4.74 Å². The summed E-state index contributed by atoms with van der Waals surface area (Å²) in [5.41, 5.74) is -0.523. The van der Waals surface area contributed by atoms with Gasteiger partial charge in [0.1, 0.15) is 0 Å². The van der Waals surface area contributed by atoms with Gasteiger partial charge >= 0.3 is 0 Å². The van der Waals surface area contributed by atoms with E-state index < -0.39 is 6.10 Å². The smallest absolute Gasteiger partial charge is 0.0998 e. The Morgan fingerprint density at radius 1 is 1.39 bits per heavy atom. The molecule has 4 heteroatoms. The van der Waals surface area contributed by atoms with Gasteiger partial charge in [-0.3, -0.25) is 5.01 Å². The van der Waals surface area contributed by atoms with E-state index in [-0.39, 0.29) is 17.1 Å². The van der Waals surface area contributed by atoms with Crippen molar-refractivity contribution in [1.82, 2.24) is 5.01 Å². The van der Waals surface area contributed by atoms with Crippen LogP contribution in [-0.4, -0.2) is 47.7 Å². The second-order valence-electron chi connectivity index (χ2n) is 7.23. The van der Waals surface area contributed by atoms with Crippen molar-refractivity contribution in [3.63, 3.8) is 0 Å². The maximum absolute atomic E-state index is 10.6. The first-order valence-electron chi connectivity index (χ1n) is 8.98. The Labute approximate surface area is 142 Å². The molecule has 23 heavy (non-hydrogen) atoms. The lowest BCUT2D eigenvalue weighted by Crippen LogP contribution is -2.49. The average molecular weight is 325 g/mol. The van der Waals surface area contributed by atoms with Gasteiger partial charge in [-0.15, -0.1) is 6.58 Å². The van der Waals surface area contributed by atoms with E-state index >= 15 is 0 Å². The molecule has 3 atom stereocenters. The fourth-order valence-electron chi connectivity index (χ4n) is 3.58. The van der Waals surface area contributed by atoms with Gasteiger partial charge in [-0.05, 0) is 31.6 Å². The largest absolute Gasteiger partial charge is 0.386 e. The molecular weight excluding hydrogens is 288 g/mol. The first-order chi connectivity index (χ1) is 10.8. The Hall–Kier alpha value is -0.870. The first-order valence-corrected chi connectivity index (χ1v) is 8.98. The standard InChI is InChI=1S/C19H36N2O2/c1-8-18(6,15(4)5)17(22)14-20-21-13-11-12-16(21)19(9-2,10-3)23-7/h8,14-17,22H,1,9-13H2,2-7H3/b20-14+/t16-,17-,18+/m0/s1. The second kappa shape index (κ2) is 8.29. The van der Waals surface area contributed by atoms with Crippen molar-refractivity contribution >= 4 is 6.21 Å². The number of rotatable bonds is 9.